The molecule has 106 valence electrons. The molecule has 2 rings (SSSR count). The second kappa shape index (κ2) is 6.98. The minimum absolute atomic E-state index is 0.109. The molecule has 1 aliphatic rings. The van der Waals surface area contributed by atoms with Gasteiger partial charge in [-0.25, -0.2) is 0 Å². The van der Waals surface area contributed by atoms with E-state index in [9.17, 15) is 5.11 Å². The summed E-state index contributed by atoms with van der Waals surface area (Å²) in [7, 11) is 0. The lowest BCUT2D eigenvalue weighted by atomic mass is 9.97. The van der Waals surface area contributed by atoms with E-state index in [0.29, 0.717) is 6.04 Å². The summed E-state index contributed by atoms with van der Waals surface area (Å²) in [6.07, 6.45) is 4.63. The average molecular weight is 300 g/mol. The van der Waals surface area contributed by atoms with Crippen molar-refractivity contribution in [1.82, 2.24) is 5.32 Å². The molecular weight excluding hydrogens is 278 g/mol. The van der Waals surface area contributed by atoms with Gasteiger partial charge in [0.1, 0.15) is 0 Å². The molecule has 2 nitrogen and oxygen atoms in total. The van der Waals surface area contributed by atoms with Crippen LogP contribution in [0, 0.1) is 0 Å². The van der Waals surface area contributed by atoms with Crippen molar-refractivity contribution in [3.63, 3.8) is 0 Å². The summed E-state index contributed by atoms with van der Waals surface area (Å²) in [6, 6.07) is 8.61. The molecule has 1 aromatic rings. The average Bonchev–Trinajstić information content (AvgIpc) is 3.21. The molecule has 0 radical (unpaired) electrons. The third-order valence-corrected chi connectivity index (χ3v) is 4.78. The standard InChI is InChI=1S/C15H22ClNOS/c1-15(11-18,17-13-5-6-13)9-2-10-19-14-7-3-12(16)4-8-14/h3-4,7-8,13,17-18H,2,5-6,9-11H2,1H3. The molecule has 1 unspecified atom stereocenters. The molecule has 0 heterocycles. The molecule has 1 aromatic carbocycles. The first-order chi connectivity index (χ1) is 9.11. The number of thioether (sulfide) groups is 1. The SMILES string of the molecule is CC(CO)(CCCSc1ccc(Cl)cc1)NC1CC1. The Morgan fingerprint density at radius 2 is 2.05 bits per heavy atom. The lowest BCUT2D eigenvalue weighted by molar-refractivity contribution is 0.163. The molecule has 4 heteroatoms. The summed E-state index contributed by atoms with van der Waals surface area (Å²) in [5.74, 6) is 1.07. The summed E-state index contributed by atoms with van der Waals surface area (Å²) in [6.45, 7) is 2.34. The zero-order valence-corrected chi connectivity index (χ0v) is 12.9. The van der Waals surface area contributed by atoms with E-state index in [4.69, 9.17) is 11.6 Å². The van der Waals surface area contributed by atoms with Crippen LogP contribution in [0.4, 0.5) is 0 Å². The highest BCUT2D eigenvalue weighted by molar-refractivity contribution is 7.99. The van der Waals surface area contributed by atoms with Crippen LogP contribution in [0.15, 0.2) is 29.2 Å². The smallest absolute Gasteiger partial charge is 0.0610 e. The highest BCUT2D eigenvalue weighted by atomic mass is 35.5. The number of aliphatic hydroxyl groups is 1. The Kier molecular flexibility index (Phi) is 5.58. The van der Waals surface area contributed by atoms with E-state index >= 15 is 0 Å². The van der Waals surface area contributed by atoms with Gasteiger partial charge in [-0.05, 0) is 62.6 Å². The fourth-order valence-corrected chi connectivity index (χ4v) is 3.08. The summed E-state index contributed by atoms with van der Waals surface area (Å²) in [5.41, 5.74) is -0.109. The Morgan fingerprint density at radius 3 is 2.63 bits per heavy atom. The lowest BCUT2D eigenvalue weighted by Gasteiger charge is -2.29. The summed E-state index contributed by atoms with van der Waals surface area (Å²) >= 11 is 7.71. The molecule has 0 aliphatic heterocycles. The largest absolute Gasteiger partial charge is 0.394 e. The van der Waals surface area contributed by atoms with Gasteiger partial charge in [-0.2, -0.15) is 0 Å². The van der Waals surface area contributed by atoms with Gasteiger partial charge in [0, 0.05) is 21.5 Å². The van der Waals surface area contributed by atoms with Crippen molar-refractivity contribution in [2.45, 2.75) is 49.1 Å². The predicted molar refractivity (Wildman–Crippen MR) is 83.1 cm³/mol. The van der Waals surface area contributed by atoms with E-state index in [1.165, 1.54) is 17.7 Å². The van der Waals surface area contributed by atoms with Crippen molar-refractivity contribution in [2.24, 2.45) is 0 Å². The van der Waals surface area contributed by atoms with E-state index in [1.54, 1.807) is 0 Å². The highest BCUT2D eigenvalue weighted by Gasteiger charge is 2.31. The van der Waals surface area contributed by atoms with E-state index in [0.717, 1.165) is 23.6 Å². The number of benzene rings is 1. The first kappa shape index (κ1) is 15.2. The van der Waals surface area contributed by atoms with Crippen molar-refractivity contribution < 1.29 is 5.11 Å². The molecule has 1 fully saturated rings. The molecule has 0 aromatic heterocycles. The van der Waals surface area contributed by atoms with Crippen LogP contribution in [-0.2, 0) is 0 Å². The molecule has 1 atom stereocenters. The number of halogens is 1. The van der Waals surface area contributed by atoms with Gasteiger partial charge in [0.15, 0.2) is 0 Å². The van der Waals surface area contributed by atoms with E-state index in [2.05, 4.69) is 24.4 Å². The molecular formula is C15H22ClNOS. The normalized spacial score (nSPS) is 18.3. The van der Waals surface area contributed by atoms with Gasteiger partial charge in [0.2, 0.25) is 0 Å². The highest BCUT2D eigenvalue weighted by Crippen LogP contribution is 2.26. The minimum atomic E-state index is -0.109. The zero-order valence-electron chi connectivity index (χ0n) is 11.4. The predicted octanol–water partition coefficient (Wildman–Crippen LogP) is 3.72. The van der Waals surface area contributed by atoms with Gasteiger partial charge in [-0.1, -0.05) is 11.6 Å². The van der Waals surface area contributed by atoms with Crippen molar-refractivity contribution in [3.8, 4) is 0 Å². The number of rotatable bonds is 8. The molecule has 0 bridgehead atoms. The maximum Gasteiger partial charge on any atom is 0.0610 e. The van der Waals surface area contributed by atoms with Gasteiger partial charge in [0.05, 0.1) is 6.61 Å². The second-order valence-corrected chi connectivity index (χ2v) is 7.15. The molecule has 0 amide bonds. The maximum absolute atomic E-state index is 9.52. The fourth-order valence-electron chi connectivity index (χ4n) is 2.10. The van der Waals surface area contributed by atoms with Gasteiger partial charge >= 0.3 is 0 Å². The van der Waals surface area contributed by atoms with Crippen molar-refractivity contribution >= 4 is 23.4 Å². The van der Waals surface area contributed by atoms with Crippen LogP contribution in [-0.4, -0.2) is 29.0 Å². The van der Waals surface area contributed by atoms with Crippen LogP contribution in [0.2, 0.25) is 5.02 Å². The molecule has 1 aliphatic carbocycles. The van der Waals surface area contributed by atoms with Crippen molar-refractivity contribution in [2.75, 3.05) is 12.4 Å². The third-order valence-electron chi connectivity index (χ3n) is 3.43. The summed E-state index contributed by atoms with van der Waals surface area (Å²) < 4.78 is 0. The summed E-state index contributed by atoms with van der Waals surface area (Å²) in [4.78, 5) is 1.25. The van der Waals surface area contributed by atoms with Crippen LogP contribution in [0.3, 0.4) is 0 Å². The van der Waals surface area contributed by atoms with E-state index < -0.39 is 0 Å². The summed E-state index contributed by atoms with van der Waals surface area (Å²) in [5, 5.41) is 13.9. The zero-order chi connectivity index (χ0) is 13.7. The number of hydrogen-bond donors (Lipinski definition) is 2. The molecule has 2 N–H and O–H groups in total. The van der Waals surface area contributed by atoms with Crippen LogP contribution in [0.5, 0.6) is 0 Å². The Balaban J connectivity index is 1.68. The van der Waals surface area contributed by atoms with Crippen molar-refractivity contribution in [1.29, 1.82) is 0 Å². The second-order valence-electron chi connectivity index (χ2n) is 5.54. The monoisotopic (exact) mass is 299 g/mol. The van der Waals surface area contributed by atoms with Gasteiger partial charge in [0.25, 0.3) is 0 Å². The number of hydrogen-bond acceptors (Lipinski definition) is 3. The topological polar surface area (TPSA) is 32.3 Å². The fraction of sp³-hybridized carbons (Fsp3) is 0.600. The van der Waals surface area contributed by atoms with Gasteiger partial charge < -0.3 is 10.4 Å². The van der Waals surface area contributed by atoms with Gasteiger partial charge in [-0.3, -0.25) is 0 Å². The van der Waals surface area contributed by atoms with Crippen LogP contribution >= 0.6 is 23.4 Å². The van der Waals surface area contributed by atoms with Crippen LogP contribution in [0.25, 0.3) is 0 Å². The molecule has 0 saturated heterocycles. The lowest BCUT2D eigenvalue weighted by Crippen LogP contribution is -2.46. The van der Waals surface area contributed by atoms with Crippen LogP contribution < -0.4 is 5.32 Å². The Morgan fingerprint density at radius 1 is 1.37 bits per heavy atom. The van der Waals surface area contributed by atoms with Gasteiger partial charge in [-0.15, -0.1) is 11.8 Å². The molecule has 0 spiro atoms. The first-order valence-corrected chi connectivity index (χ1v) is 8.25. The van der Waals surface area contributed by atoms with E-state index in [-0.39, 0.29) is 12.1 Å². The maximum atomic E-state index is 9.52. The first-order valence-electron chi connectivity index (χ1n) is 6.88. The molecule has 1 saturated carbocycles. The molecule has 19 heavy (non-hydrogen) atoms. The number of aliphatic hydroxyl groups excluding tert-OH is 1. The van der Waals surface area contributed by atoms with Crippen molar-refractivity contribution in [3.05, 3.63) is 29.3 Å². The Labute approximate surface area is 124 Å². The third kappa shape index (κ3) is 5.35. The van der Waals surface area contributed by atoms with Crippen LogP contribution in [0.1, 0.15) is 32.6 Å². The van der Waals surface area contributed by atoms with E-state index in [1.807, 2.05) is 23.9 Å². The Hall–Kier alpha value is -0.220. The number of nitrogens with one attached hydrogen (secondary N) is 1. The minimum Gasteiger partial charge on any atom is -0.394 e. The quantitative estimate of drug-likeness (QED) is 0.567. The Bertz CT molecular complexity index is 394.